The maximum atomic E-state index is 13.5. The Labute approximate surface area is 102 Å². The van der Waals surface area contributed by atoms with Gasteiger partial charge in [-0.25, -0.2) is 4.39 Å². The SMILES string of the molecule is COCCNC(=O)c1cc(Br)c(C)cc1F. The molecule has 0 fully saturated rings. The van der Waals surface area contributed by atoms with Crippen LogP contribution < -0.4 is 5.32 Å². The van der Waals surface area contributed by atoms with E-state index in [1.807, 2.05) is 0 Å². The van der Waals surface area contributed by atoms with E-state index in [0.29, 0.717) is 17.6 Å². The van der Waals surface area contributed by atoms with Crippen molar-refractivity contribution < 1.29 is 13.9 Å². The number of halogens is 2. The number of carbonyl (C=O) groups is 1. The second kappa shape index (κ2) is 5.96. The normalized spacial score (nSPS) is 10.2. The predicted molar refractivity (Wildman–Crippen MR) is 63.0 cm³/mol. The summed E-state index contributed by atoms with van der Waals surface area (Å²) in [6.07, 6.45) is 0. The summed E-state index contributed by atoms with van der Waals surface area (Å²) >= 11 is 3.26. The maximum absolute atomic E-state index is 13.5. The molecule has 3 nitrogen and oxygen atoms in total. The second-order valence-corrected chi connectivity index (χ2v) is 4.18. The highest BCUT2D eigenvalue weighted by Gasteiger charge is 2.13. The highest BCUT2D eigenvalue weighted by atomic mass is 79.9. The van der Waals surface area contributed by atoms with Gasteiger partial charge in [-0.2, -0.15) is 0 Å². The molecular formula is C11H13BrFNO2. The largest absolute Gasteiger partial charge is 0.383 e. The van der Waals surface area contributed by atoms with Gasteiger partial charge in [0.15, 0.2) is 0 Å². The number of hydrogen-bond acceptors (Lipinski definition) is 2. The van der Waals surface area contributed by atoms with E-state index >= 15 is 0 Å². The van der Waals surface area contributed by atoms with Crippen LogP contribution in [0.4, 0.5) is 4.39 Å². The van der Waals surface area contributed by atoms with Gasteiger partial charge < -0.3 is 10.1 Å². The van der Waals surface area contributed by atoms with Crippen molar-refractivity contribution in [1.29, 1.82) is 0 Å². The van der Waals surface area contributed by atoms with E-state index in [4.69, 9.17) is 4.74 Å². The van der Waals surface area contributed by atoms with Crippen LogP contribution in [0.3, 0.4) is 0 Å². The maximum Gasteiger partial charge on any atom is 0.254 e. The molecular weight excluding hydrogens is 277 g/mol. The zero-order valence-electron chi connectivity index (χ0n) is 9.14. The number of ether oxygens (including phenoxy) is 1. The standard InChI is InChI=1S/C11H13BrFNO2/c1-7-5-10(13)8(6-9(7)12)11(15)14-3-4-16-2/h5-6H,3-4H2,1-2H3,(H,14,15). The molecule has 0 saturated heterocycles. The Hall–Kier alpha value is -0.940. The molecule has 0 saturated carbocycles. The van der Waals surface area contributed by atoms with Gasteiger partial charge in [0.2, 0.25) is 0 Å². The first-order valence-electron chi connectivity index (χ1n) is 4.79. The molecule has 0 bridgehead atoms. The molecule has 0 aromatic heterocycles. The first-order chi connectivity index (χ1) is 7.56. The van der Waals surface area contributed by atoms with Crippen LogP contribution in [0.25, 0.3) is 0 Å². The lowest BCUT2D eigenvalue weighted by Crippen LogP contribution is -2.27. The third kappa shape index (κ3) is 3.28. The molecule has 0 unspecified atom stereocenters. The van der Waals surface area contributed by atoms with Crippen LogP contribution in [-0.4, -0.2) is 26.2 Å². The summed E-state index contributed by atoms with van der Waals surface area (Å²) in [5.41, 5.74) is 0.791. The van der Waals surface area contributed by atoms with Crippen LogP contribution in [-0.2, 0) is 4.74 Å². The average Bonchev–Trinajstić information content (AvgIpc) is 2.23. The van der Waals surface area contributed by atoms with Crippen LogP contribution in [0.2, 0.25) is 0 Å². The Bertz CT molecular complexity index is 396. The van der Waals surface area contributed by atoms with Crippen LogP contribution in [0.15, 0.2) is 16.6 Å². The number of methoxy groups -OCH3 is 1. The fourth-order valence-corrected chi connectivity index (χ4v) is 1.53. The Morgan fingerprint density at radius 2 is 2.25 bits per heavy atom. The highest BCUT2D eigenvalue weighted by Crippen LogP contribution is 2.20. The van der Waals surface area contributed by atoms with Gasteiger partial charge in [-0.3, -0.25) is 4.79 Å². The van der Waals surface area contributed by atoms with Crippen LogP contribution in [0, 0.1) is 12.7 Å². The van der Waals surface area contributed by atoms with Crippen molar-refractivity contribution in [3.05, 3.63) is 33.5 Å². The van der Waals surface area contributed by atoms with Crippen LogP contribution in [0.5, 0.6) is 0 Å². The number of carbonyl (C=O) groups excluding carboxylic acids is 1. The Morgan fingerprint density at radius 1 is 1.56 bits per heavy atom. The highest BCUT2D eigenvalue weighted by molar-refractivity contribution is 9.10. The fraction of sp³-hybridized carbons (Fsp3) is 0.364. The lowest BCUT2D eigenvalue weighted by molar-refractivity contribution is 0.0933. The summed E-state index contributed by atoms with van der Waals surface area (Å²) in [6.45, 7) is 2.53. The summed E-state index contributed by atoms with van der Waals surface area (Å²) in [7, 11) is 1.54. The zero-order valence-corrected chi connectivity index (χ0v) is 10.7. The van der Waals surface area contributed by atoms with Gasteiger partial charge in [-0.05, 0) is 24.6 Å². The minimum Gasteiger partial charge on any atom is -0.383 e. The molecule has 1 aromatic rings. The molecule has 0 radical (unpaired) electrons. The van der Waals surface area contributed by atoms with E-state index < -0.39 is 11.7 Å². The van der Waals surface area contributed by atoms with Crippen molar-refractivity contribution in [2.45, 2.75) is 6.92 Å². The molecule has 0 heterocycles. The molecule has 0 aliphatic heterocycles. The summed E-state index contributed by atoms with van der Waals surface area (Å²) < 4.78 is 19.0. The van der Waals surface area contributed by atoms with Crippen LogP contribution in [0.1, 0.15) is 15.9 Å². The van der Waals surface area contributed by atoms with Crippen molar-refractivity contribution in [3.8, 4) is 0 Å². The van der Waals surface area contributed by atoms with Crippen molar-refractivity contribution in [2.24, 2.45) is 0 Å². The van der Waals surface area contributed by atoms with E-state index in [1.54, 1.807) is 6.92 Å². The quantitative estimate of drug-likeness (QED) is 0.864. The molecule has 88 valence electrons. The van der Waals surface area contributed by atoms with Gasteiger partial charge in [0.05, 0.1) is 12.2 Å². The summed E-state index contributed by atoms with van der Waals surface area (Å²) in [5, 5.41) is 2.56. The molecule has 0 aliphatic carbocycles. The average molecular weight is 290 g/mol. The van der Waals surface area contributed by atoms with Crippen molar-refractivity contribution in [1.82, 2.24) is 5.32 Å². The molecule has 0 spiro atoms. The monoisotopic (exact) mass is 289 g/mol. The third-order valence-corrected chi connectivity index (χ3v) is 2.94. The van der Waals surface area contributed by atoms with Crippen molar-refractivity contribution in [3.63, 3.8) is 0 Å². The number of hydrogen-bond donors (Lipinski definition) is 1. The molecule has 1 rings (SSSR count). The van der Waals surface area contributed by atoms with Crippen molar-refractivity contribution >= 4 is 21.8 Å². The van der Waals surface area contributed by atoms with E-state index in [1.165, 1.54) is 19.2 Å². The number of amides is 1. The van der Waals surface area contributed by atoms with Gasteiger partial charge in [-0.1, -0.05) is 15.9 Å². The molecule has 16 heavy (non-hydrogen) atoms. The second-order valence-electron chi connectivity index (χ2n) is 3.33. The molecule has 1 amide bonds. The first kappa shape index (κ1) is 13.1. The smallest absolute Gasteiger partial charge is 0.254 e. The number of nitrogens with one attached hydrogen (secondary N) is 1. The van der Waals surface area contributed by atoms with Gasteiger partial charge in [-0.15, -0.1) is 0 Å². The van der Waals surface area contributed by atoms with E-state index in [-0.39, 0.29) is 5.56 Å². The van der Waals surface area contributed by atoms with E-state index in [0.717, 1.165) is 5.56 Å². The fourth-order valence-electron chi connectivity index (χ4n) is 1.18. The van der Waals surface area contributed by atoms with Gasteiger partial charge in [0.25, 0.3) is 5.91 Å². The Kier molecular flexibility index (Phi) is 4.89. The minimum atomic E-state index is -0.518. The first-order valence-corrected chi connectivity index (χ1v) is 5.58. The van der Waals surface area contributed by atoms with Gasteiger partial charge in [0, 0.05) is 18.1 Å². The summed E-state index contributed by atoms with van der Waals surface area (Å²) in [4.78, 5) is 11.6. The van der Waals surface area contributed by atoms with Gasteiger partial charge in [0.1, 0.15) is 5.82 Å². The predicted octanol–water partition coefficient (Wildman–Crippen LogP) is 2.27. The zero-order chi connectivity index (χ0) is 12.1. The molecule has 1 N–H and O–H groups in total. The lowest BCUT2D eigenvalue weighted by atomic mass is 10.1. The van der Waals surface area contributed by atoms with Crippen molar-refractivity contribution in [2.75, 3.05) is 20.3 Å². The molecule has 0 atom stereocenters. The van der Waals surface area contributed by atoms with Crippen LogP contribution >= 0.6 is 15.9 Å². The molecule has 1 aromatic carbocycles. The number of rotatable bonds is 4. The number of benzene rings is 1. The Morgan fingerprint density at radius 3 is 2.88 bits per heavy atom. The molecule has 0 aliphatic rings. The lowest BCUT2D eigenvalue weighted by Gasteiger charge is -2.07. The summed E-state index contributed by atoms with van der Waals surface area (Å²) in [6, 6.07) is 2.81. The third-order valence-electron chi connectivity index (χ3n) is 2.08. The summed E-state index contributed by atoms with van der Waals surface area (Å²) in [5.74, 6) is -0.953. The molecule has 5 heteroatoms. The topological polar surface area (TPSA) is 38.3 Å². The Balaban J connectivity index is 2.79. The minimum absolute atomic E-state index is 0.0357. The van der Waals surface area contributed by atoms with E-state index in [2.05, 4.69) is 21.2 Å². The van der Waals surface area contributed by atoms with Gasteiger partial charge >= 0.3 is 0 Å². The number of aryl methyl sites for hydroxylation is 1. The van der Waals surface area contributed by atoms with E-state index in [9.17, 15) is 9.18 Å².